The number of H-pyrrole nitrogens is 2. The van der Waals surface area contributed by atoms with E-state index in [2.05, 4.69) is 57.2 Å². The van der Waals surface area contributed by atoms with Gasteiger partial charge in [-0.2, -0.15) is 0 Å². The molecule has 2 heterocycles. The topological polar surface area (TPSA) is 408 Å². The lowest BCUT2D eigenvalue weighted by molar-refractivity contribution is -0.134. The number of aromatic amines is 2. The van der Waals surface area contributed by atoms with E-state index in [0.717, 1.165) is 27.2 Å². The Morgan fingerprint density at radius 3 is 1.93 bits per heavy atom. The Morgan fingerprint density at radius 1 is 0.618 bits per heavy atom. The van der Waals surface area contributed by atoms with E-state index in [1.807, 2.05) is 66.7 Å². The summed E-state index contributed by atoms with van der Waals surface area (Å²) in [5.41, 5.74) is 31.4. The zero-order valence-corrected chi connectivity index (χ0v) is 43.0. The van der Waals surface area contributed by atoms with Gasteiger partial charge in [0.15, 0.2) is 5.96 Å². The second kappa shape index (κ2) is 28.9. The standard InChI is InChI=1S/C52H72N16O8/c1-29(2)44(45(55)70)68-46(71)30(3)63-49(74)39(18-8-9-20-53)64-43(69)27-61-48(73)41(23-33-25-60-38-17-7-6-16-36(33)38)67-50(75)40(19-11-21-59-52(56)57)65-51(76)42(66-47(72)37(54)24-34-26-58-28-62-34)22-32-14-10-13-31-12-4-5-15-35(31)32/h4-7,10,12-17,25-26,28-30,37,39-42,44,60H,8-9,11,18-24,27,53-54H2,1-3H3,(H2,55,70)(H,58,62)(H,61,73)(H,63,74)(H,64,69)(H,65,76)(H,66,72)(H,67,75)(H,68,71)(H4,56,57,59)/t30-,37-,39-,40-,41-,42+,44-/m0/s1. The van der Waals surface area contributed by atoms with Crippen LogP contribution in [0.3, 0.4) is 0 Å². The summed E-state index contributed by atoms with van der Waals surface area (Å²) in [6.07, 6.45) is 5.95. The van der Waals surface area contributed by atoms with Crippen LogP contribution < -0.4 is 65.9 Å². The molecule has 5 rings (SSSR count). The first kappa shape index (κ1) is 58.5. The monoisotopic (exact) mass is 1050 g/mol. The predicted molar refractivity (Wildman–Crippen MR) is 287 cm³/mol. The molecule has 19 N–H and O–H groups in total. The number of nitrogens with two attached hydrogens (primary N) is 5. The summed E-state index contributed by atoms with van der Waals surface area (Å²) < 4.78 is 0. The number of aromatic nitrogens is 3. The van der Waals surface area contributed by atoms with E-state index in [-0.39, 0.29) is 56.9 Å². The number of benzene rings is 3. The highest BCUT2D eigenvalue weighted by atomic mass is 16.2. The van der Waals surface area contributed by atoms with Crippen LogP contribution in [-0.2, 0) is 57.6 Å². The van der Waals surface area contributed by atoms with Gasteiger partial charge in [-0.3, -0.25) is 43.3 Å². The molecule has 24 heteroatoms. The lowest BCUT2D eigenvalue weighted by atomic mass is 9.97. The molecule has 0 fully saturated rings. The summed E-state index contributed by atoms with van der Waals surface area (Å²) in [6, 6.07) is 12.2. The minimum absolute atomic E-state index is 0.00523. The van der Waals surface area contributed by atoms with Crippen molar-refractivity contribution in [2.75, 3.05) is 19.6 Å². The molecule has 8 amide bonds. The SMILES string of the molecule is CC(C)[C@H](NC(=O)[C@H](C)NC(=O)[C@H](CCCCN)NC(=O)CNC(=O)[C@H](Cc1c[nH]c2ccccc12)NC(=O)[C@H](CCCN=C(N)N)NC(=O)[C@@H](Cc1cccc2ccccc12)NC(=O)[C@@H](N)Cc1cnc[nH]1)C(N)=O. The summed E-state index contributed by atoms with van der Waals surface area (Å²) in [7, 11) is 0. The number of imidazole rings is 1. The fourth-order valence-corrected chi connectivity index (χ4v) is 8.47. The van der Waals surface area contributed by atoms with Crippen LogP contribution in [0.15, 0.2) is 90.4 Å². The maximum atomic E-state index is 14.6. The molecule has 2 aromatic heterocycles. The van der Waals surface area contributed by atoms with Crippen LogP contribution in [-0.4, -0.2) is 130 Å². The number of nitrogens with one attached hydrogen (secondary N) is 9. The van der Waals surface area contributed by atoms with E-state index in [1.165, 1.54) is 19.4 Å². The smallest absolute Gasteiger partial charge is 0.243 e. The van der Waals surface area contributed by atoms with Crippen LogP contribution in [0.1, 0.15) is 69.7 Å². The van der Waals surface area contributed by atoms with Crippen molar-refractivity contribution in [1.82, 2.24) is 52.2 Å². The van der Waals surface area contributed by atoms with Crippen LogP contribution in [0.25, 0.3) is 21.7 Å². The summed E-state index contributed by atoms with van der Waals surface area (Å²) >= 11 is 0. The average Bonchev–Trinajstić information content (AvgIpc) is 4.07. The Bertz CT molecular complexity index is 2810. The Kier molecular flexibility index (Phi) is 22.3. The summed E-state index contributed by atoms with van der Waals surface area (Å²) in [5.74, 6) is -6.31. The Hall–Kier alpha value is -8.38. The van der Waals surface area contributed by atoms with E-state index >= 15 is 0 Å². The number of amides is 8. The number of fused-ring (bicyclic) bond motifs is 2. The van der Waals surface area contributed by atoms with Crippen LogP contribution >= 0.6 is 0 Å². The maximum absolute atomic E-state index is 14.6. The van der Waals surface area contributed by atoms with Gasteiger partial charge in [0.2, 0.25) is 47.3 Å². The molecule has 0 aliphatic carbocycles. The van der Waals surface area contributed by atoms with Crippen molar-refractivity contribution in [2.45, 2.75) is 114 Å². The predicted octanol–water partition coefficient (Wildman–Crippen LogP) is -1.23. The van der Waals surface area contributed by atoms with E-state index in [1.54, 1.807) is 20.0 Å². The molecule has 76 heavy (non-hydrogen) atoms. The van der Waals surface area contributed by atoms with Crippen molar-refractivity contribution < 1.29 is 38.4 Å². The van der Waals surface area contributed by atoms with E-state index < -0.39 is 96.1 Å². The third-order valence-electron chi connectivity index (χ3n) is 12.6. The van der Waals surface area contributed by atoms with E-state index in [9.17, 15) is 38.4 Å². The number of nitrogens with zero attached hydrogens (tertiary/aromatic N) is 2. The second-order valence-corrected chi connectivity index (χ2v) is 18.9. The maximum Gasteiger partial charge on any atom is 0.243 e. The van der Waals surface area contributed by atoms with Gasteiger partial charge in [-0.25, -0.2) is 4.98 Å². The Labute approximate surface area is 440 Å². The lowest BCUT2D eigenvalue weighted by Gasteiger charge is -2.26. The number of para-hydroxylation sites is 1. The number of carbonyl (C=O) groups excluding carboxylic acids is 8. The number of guanidine groups is 1. The molecule has 0 spiro atoms. The normalized spacial score (nSPS) is 14.0. The third-order valence-corrected chi connectivity index (χ3v) is 12.6. The van der Waals surface area contributed by atoms with Crippen molar-refractivity contribution in [2.24, 2.45) is 39.6 Å². The van der Waals surface area contributed by atoms with Gasteiger partial charge in [0.1, 0.15) is 36.3 Å². The van der Waals surface area contributed by atoms with Gasteiger partial charge in [0, 0.05) is 54.8 Å². The van der Waals surface area contributed by atoms with Gasteiger partial charge in [-0.05, 0) is 79.5 Å². The van der Waals surface area contributed by atoms with Gasteiger partial charge >= 0.3 is 0 Å². The van der Waals surface area contributed by atoms with Gasteiger partial charge in [0.25, 0.3) is 0 Å². The van der Waals surface area contributed by atoms with Crippen LogP contribution in [0, 0.1) is 5.92 Å². The number of hydrogen-bond donors (Lipinski definition) is 14. The minimum Gasteiger partial charge on any atom is -0.370 e. The Morgan fingerprint density at radius 2 is 1.24 bits per heavy atom. The minimum atomic E-state index is -1.35. The number of hydrogen-bond acceptors (Lipinski definition) is 12. The van der Waals surface area contributed by atoms with Gasteiger partial charge in [-0.15, -0.1) is 0 Å². The zero-order chi connectivity index (χ0) is 55.3. The zero-order valence-electron chi connectivity index (χ0n) is 43.0. The van der Waals surface area contributed by atoms with Crippen molar-refractivity contribution in [1.29, 1.82) is 0 Å². The molecule has 5 aromatic rings. The van der Waals surface area contributed by atoms with E-state index in [0.29, 0.717) is 30.6 Å². The number of carbonyl (C=O) groups is 8. The molecule has 24 nitrogen and oxygen atoms in total. The molecule has 0 saturated heterocycles. The largest absolute Gasteiger partial charge is 0.370 e. The Balaban J connectivity index is 1.37. The van der Waals surface area contributed by atoms with Crippen LogP contribution in [0.2, 0.25) is 0 Å². The molecular formula is C52H72N16O8. The average molecular weight is 1050 g/mol. The molecule has 0 aliphatic rings. The summed E-state index contributed by atoms with van der Waals surface area (Å²) in [6.45, 7) is 4.58. The number of rotatable bonds is 30. The molecule has 0 radical (unpaired) electrons. The van der Waals surface area contributed by atoms with Gasteiger partial charge in [0.05, 0.1) is 18.9 Å². The fourth-order valence-electron chi connectivity index (χ4n) is 8.47. The summed E-state index contributed by atoms with van der Waals surface area (Å²) in [5, 5.41) is 21.2. The molecule has 7 atom stereocenters. The molecule has 3 aromatic carbocycles. The molecular weight excluding hydrogens is 977 g/mol. The van der Waals surface area contributed by atoms with Gasteiger partial charge < -0.3 is 75.9 Å². The van der Waals surface area contributed by atoms with Gasteiger partial charge in [-0.1, -0.05) is 74.5 Å². The van der Waals surface area contributed by atoms with Crippen LogP contribution in [0.4, 0.5) is 0 Å². The van der Waals surface area contributed by atoms with Crippen molar-refractivity contribution in [3.8, 4) is 0 Å². The fraction of sp³-hybridized carbons (Fsp3) is 0.423. The van der Waals surface area contributed by atoms with Crippen LogP contribution in [0.5, 0.6) is 0 Å². The molecule has 408 valence electrons. The molecule has 0 saturated carbocycles. The number of unbranched alkanes of at least 4 members (excludes halogenated alkanes) is 1. The molecule has 0 aliphatic heterocycles. The first-order valence-corrected chi connectivity index (χ1v) is 25.2. The van der Waals surface area contributed by atoms with Crippen molar-refractivity contribution in [3.05, 3.63) is 102 Å². The van der Waals surface area contributed by atoms with Crippen molar-refractivity contribution in [3.63, 3.8) is 0 Å². The third kappa shape index (κ3) is 17.6. The highest BCUT2D eigenvalue weighted by Crippen LogP contribution is 2.22. The first-order chi connectivity index (χ1) is 36.3. The molecule has 0 unspecified atom stereocenters. The number of primary amides is 1. The first-order valence-electron chi connectivity index (χ1n) is 25.2. The van der Waals surface area contributed by atoms with Crippen molar-refractivity contribution >= 4 is 74.9 Å². The molecule has 0 bridgehead atoms. The van der Waals surface area contributed by atoms with E-state index in [4.69, 9.17) is 28.7 Å². The summed E-state index contributed by atoms with van der Waals surface area (Å²) in [4.78, 5) is 123. The second-order valence-electron chi connectivity index (χ2n) is 18.9. The number of aliphatic imine (C=N–C) groups is 1. The highest BCUT2D eigenvalue weighted by molar-refractivity contribution is 5.98. The highest BCUT2D eigenvalue weighted by Gasteiger charge is 2.33. The quantitative estimate of drug-likeness (QED) is 0.0146. The lowest BCUT2D eigenvalue weighted by Crippen LogP contribution is -2.59.